The molecule has 1 aliphatic rings. The van der Waals surface area contributed by atoms with Crippen LogP contribution in [0.15, 0.2) is 28.7 Å². The van der Waals surface area contributed by atoms with E-state index in [4.69, 9.17) is 11.6 Å². The number of benzene rings is 1. The predicted molar refractivity (Wildman–Crippen MR) is 72.8 cm³/mol. The zero-order valence-electron chi connectivity index (χ0n) is 9.26. The SMILES string of the molecule is ClC1CCC(CNCc2ccc(Br)cc2)C1. The third kappa shape index (κ3) is 3.76. The smallest absolute Gasteiger partial charge is 0.0339 e. The van der Waals surface area contributed by atoms with E-state index in [1.165, 1.54) is 24.8 Å². The second-order valence-corrected chi connectivity index (χ2v) is 6.07. The first-order valence-corrected chi connectivity index (χ1v) is 7.06. The molecule has 1 saturated carbocycles. The molecule has 1 aromatic carbocycles. The standard InChI is InChI=1S/C13H17BrClN/c14-12-4-1-10(2-5-12)8-16-9-11-3-6-13(15)7-11/h1-2,4-5,11,13,16H,3,6-9H2. The van der Waals surface area contributed by atoms with Gasteiger partial charge in [0.2, 0.25) is 0 Å². The van der Waals surface area contributed by atoms with E-state index in [0.717, 1.165) is 23.5 Å². The van der Waals surface area contributed by atoms with Gasteiger partial charge in [0.25, 0.3) is 0 Å². The highest BCUT2D eigenvalue weighted by Crippen LogP contribution is 2.28. The first kappa shape index (κ1) is 12.4. The van der Waals surface area contributed by atoms with E-state index in [0.29, 0.717) is 5.38 Å². The molecule has 2 atom stereocenters. The molecule has 0 bridgehead atoms. The van der Waals surface area contributed by atoms with Crippen LogP contribution in [0.2, 0.25) is 0 Å². The number of alkyl halides is 1. The van der Waals surface area contributed by atoms with Gasteiger partial charge in [-0.2, -0.15) is 0 Å². The van der Waals surface area contributed by atoms with Crippen molar-refractivity contribution in [1.29, 1.82) is 0 Å². The molecule has 0 spiro atoms. The normalized spacial score (nSPS) is 24.9. The molecule has 0 aromatic heterocycles. The molecule has 0 aliphatic heterocycles. The van der Waals surface area contributed by atoms with Crippen LogP contribution in [-0.4, -0.2) is 11.9 Å². The summed E-state index contributed by atoms with van der Waals surface area (Å²) in [6.45, 7) is 2.05. The molecule has 0 amide bonds. The number of hydrogen-bond donors (Lipinski definition) is 1. The van der Waals surface area contributed by atoms with Gasteiger partial charge in [0.15, 0.2) is 0 Å². The molecule has 1 aromatic rings. The summed E-state index contributed by atoms with van der Waals surface area (Å²) in [5, 5.41) is 3.93. The van der Waals surface area contributed by atoms with Gasteiger partial charge in [-0.3, -0.25) is 0 Å². The molecule has 0 saturated heterocycles. The maximum atomic E-state index is 6.09. The van der Waals surface area contributed by atoms with E-state index in [-0.39, 0.29) is 0 Å². The molecule has 88 valence electrons. The minimum Gasteiger partial charge on any atom is -0.312 e. The Labute approximate surface area is 111 Å². The second-order valence-electron chi connectivity index (χ2n) is 4.53. The Hall–Kier alpha value is -0.0500. The van der Waals surface area contributed by atoms with Gasteiger partial charge in [-0.1, -0.05) is 28.1 Å². The predicted octanol–water partition coefficient (Wildman–Crippen LogP) is 3.95. The van der Waals surface area contributed by atoms with Gasteiger partial charge in [-0.25, -0.2) is 0 Å². The van der Waals surface area contributed by atoms with Crippen LogP contribution < -0.4 is 5.32 Å². The Morgan fingerprint density at radius 2 is 2.00 bits per heavy atom. The average Bonchev–Trinajstić information content (AvgIpc) is 2.67. The number of rotatable bonds is 4. The van der Waals surface area contributed by atoms with Gasteiger partial charge in [-0.05, 0) is 49.4 Å². The molecular formula is C13H17BrClN. The number of hydrogen-bond acceptors (Lipinski definition) is 1. The summed E-state index contributed by atoms with van der Waals surface area (Å²) in [6, 6.07) is 8.47. The minimum atomic E-state index is 0.416. The van der Waals surface area contributed by atoms with E-state index in [2.05, 4.69) is 45.5 Å². The highest BCUT2D eigenvalue weighted by atomic mass is 79.9. The lowest BCUT2D eigenvalue weighted by molar-refractivity contribution is 0.490. The van der Waals surface area contributed by atoms with Crippen molar-refractivity contribution in [1.82, 2.24) is 5.32 Å². The van der Waals surface area contributed by atoms with Crippen LogP contribution in [-0.2, 0) is 6.54 Å². The Kier molecular flexibility index (Phi) is 4.68. The fourth-order valence-electron chi connectivity index (χ4n) is 2.22. The Morgan fingerprint density at radius 3 is 2.62 bits per heavy atom. The summed E-state index contributed by atoms with van der Waals surface area (Å²) < 4.78 is 1.14. The lowest BCUT2D eigenvalue weighted by Crippen LogP contribution is -2.21. The summed E-state index contributed by atoms with van der Waals surface area (Å²) >= 11 is 9.53. The first-order valence-electron chi connectivity index (χ1n) is 5.83. The van der Waals surface area contributed by atoms with Crippen LogP contribution >= 0.6 is 27.5 Å². The highest BCUT2D eigenvalue weighted by Gasteiger charge is 2.21. The summed E-state index contributed by atoms with van der Waals surface area (Å²) in [5.74, 6) is 0.776. The highest BCUT2D eigenvalue weighted by molar-refractivity contribution is 9.10. The van der Waals surface area contributed by atoms with Crippen molar-refractivity contribution in [3.63, 3.8) is 0 Å². The summed E-state index contributed by atoms with van der Waals surface area (Å²) in [7, 11) is 0. The lowest BCUT2D eigenvalue weighted by Gasteiger charge is -2.10. The van der Waals surface area contributed by atoms with Crippen molar-refractivity contribution >= 4 is 27.5 Å². The molecular weight excluding hydrogens is 286 g/mol. The van der Waals surface area contributed by atoms with Crippen LogP contribution in [0, 0.1) is 5.92 Å². The van der Waals surface area contributed by atoms with Crippen LogP contribution in [0.25, 0.3) is 0 Å². The van der Waals surface area contributed by atoms with E-state index in [1.807, 2.05) is 0 Å². The molecule has 0 heterocycles. The first-order chi connectivity index (χ1) is 7.74. The molecule has 1 aliphatic carbocycles. The zero-order chi connectivity index (χ0) is 11.4. The lowest BCUT2D eigenvalue weighted by atomic mass is 10.1. The second kappa shape index (κ2) is 6.04. The van der Waals surface area contributed by atoms with Crippen LogP contribution in [0.3, 0.4) is 0 Å². The number of nitrogens with one attached hydrogen (secondary N) is 1. The largest absolute Gasteiger partial charge is 0.312 e. The van der Waals surface area contributed by atoms with Crippen molar-refractivity contribution in [3.8, 4) is 0 Å². The molecule has 2 rings (SSSR count). The van der Waals surface area contributed by atoms with Crippen LogP contribution in [0.1, 0.15) is 24.8 Å². The van der Waals surface area contributed by atoms with Crippen LogP contribution in [0.5, 0.6) is 0 Å². The van der Waals surface area contributed by atoms with Gasteiger partial charge in [-0.15, -0.1) is 11.6 Å². The Balaban J connectivity index is 1.70. The summed E-state index contributed by atoms with van der Waals surface area (Å²) in [5.41, 5.74) is 1.34. The molecule has 3 heteroatoms. The Bertz CT molecular complexity index is 325. The third-order valence-corrected chi connectivity index (χ3v) is 4.08. The molecule has 16 heavy (non-hydrogen) atoms. The topological polar surface area (TPSA) is 12.0 Å². The van der Waals surface area contributed by atoms with Crippen molar-refractivity contribution in [2.75, 3.05) is 6.54 Å². The van der Waals surface area contributed by atoms with Gasteiger partial charge in [0.1, 0.15) is 0 Å². The van der Waals surface area contributed by atoms with E-state index in [1.54, 1.807) is 0 Å². The Morgan fingerprint density at radius 1 is 1.25 bits per heavy atom. The van der Waals surface area contributed by atoms with Crippen molar-refractivity contribution in [2.45, 2.75) is 31.2 Å². The van der Waals surface area contributed by atoms with E-state index in [9.17, 15) is 0 Å². The minimum absolute atomic E-state index is 0.416. The van der Waals surface area contributed by atoms with Gasteiger partial charge in [0, 0.05) is 16.4 Å². The van der Waals surface area contributed by atoms with Gasteiger partial charge >= 0.3 is 0 Å². The number of halogens is 2. The molecule has 2 unspecified atom stereocenters. The van der Waals surface area contributed by atoms with E-state index >= 15 is 0 Å². The van der Waals surface area contributed by atoms with Crippen molar-refractivity contribution < 1.29 is 0 Å². The molecule has 1 nitrogen and oxygen atoms in total. The quantitative estimate of drug-likeness (QED) is 0.831. The maximum absolute atomic E-state index is 6.09. The molecule has 1 fully saturated rings. The zero-order valence-corrected chi connectivity index (χ0v) is 11.6. The van der Waals surface area contributed by atoms with Gasteiger partial charge < -0.3 is 5.32 Å². The summed E-state index contributed by atoms with van der Waals surface area (Å²) in [4.78, 5) is 0. The van der Waals surface area contributed by atoms with E-state index < -0.39 is 0 Å². The fourth-order valence-corrected chi connectivity index (χ4v) is 2.86. The molecule has 0 radical (unpaired) electrons. The summed E-state index contributed by atoms with van der Waals surface area (Å²) in [6.07, 6.45) is 3.64. The fraction of sp³-hybridized carbons (Fsp3) is 0.538. The van der Waals surface area contributed by atoms with Crippen molar-refractivity contribution in [3.05, 3.63) is 34.3 Å². The maximum Gasteiger partial charge on any atom is 0.0339 e. The average molecular weight is 303 g/mol. The van der Waals surface area contributed by atoms with Gasteiger partial charge in [0.05, 0.1) is 0 Å². The van der Waals surface area contributed by atoms with Crippen LogP contribution in [0.4, 0.5) is 0 Å². The monoisotopic (exact) mass is 301 g/mol. The van der Waals surface area contributed by atoms with Crippen molar-refractivity contribution in [2.24, 2.45) is 5.92 Å². The molecule has 1 N–H and O–H groups in total. The third-order valence-electron chi connectivity index (χ3n) is 3.15.